The lowest BCUT2D eigenvalue weighted by molar-refractivity contribution is -0.00177. The van der Waals surface area contributed by atoms with Crippen LogP contribution >= 0.6 is 0 Å². The molecule has 1 aliphatic rings. The number of fused-ring (bicyclic) bond motifs is 1. The Hall–Kier alpha value is -4.37. The zero-order valence-corrected chi connectivity index (χ0v) is 20.4. The van der Waals surface area contributed by atoms with Gasteiger partial charge in [0.25, 0.3) is 5.91 Å². The average molecular weight is 504 g/mol. The molecule has 0 spiro atoms. The van der Waals surface area contributed by atoms with Gasteiger partial charge in [0, 0.05) is 18.9 Å². The fourth-order valence-corrected chi connectivity index (χ4v) is 3.76. The minimum absolute atomic E-state index is 0.192. The summed E-state index contributed by atoms with van der Waals surface area (Å²) in [6, 6.07) is 5.26. The van der Waals surface area contributed by atoms with E-state index in [2.05, 4.69) is 30.8 Å². The Bertz CT molecular complexity index is 1490. The van der Waals surface area contributed by atoms with Crippen LogP contribution in [0.3, 0.4) is 0 Å². The molecule has 1 unspecified atom stereocenters. The van der Waals surface area contributed by atoms with Gasteiger partial charge < -0.3 is 15.7 Å². The molecule has 0 aliphatic heterocycles. The second kappa shape index (κ2) is 9.59. The van der Waals surface area contributed by atoms with Crippen molar-refractivity contribution in [2.75, 3.05) is 11.9 Å². The van der Waals surface area contributed by atoms with Crippen molar-refractivity contribution in [3.05, 3.63) is 54.2 Å². The standard InChI is InChI=1S/C25H26FN9O2/c1-25(2,37)21(26)11-29-24(36)18-5-6-20(19-10-31-35-13-16(7-27)8-28-23(19)35)33-22(18)32-17-9-30-34(14-17)12-15-3-4-15/h5-6,8-10,13-15,21,37H,3-4,11-12H2,1-2H3,(H,29,36)(H,32,33). The third-order valence-electron chi connectivity index (χ3n) is 6.15. The number of anilines is 2. The van der Waals surface area contributed by atoms with Gasteiger partial charge >= 0.3 is 0 Å². The number of amides is 1. The van der Waals surface area contributed by atoms with Crippen LogP contribution in [-0.2, 0) is 6.54 Å². The average Bonchev–Trinajstić information content (AvgIpc) is 3.41. The third-order valence-corrected chi connectivity index (χ3v) is 6.15. The van der Waals surface area contributed by atoms with Crippen LogP contribution in [0.15, 0.2) is 43.1 Å². The van der Waals surface area contributed by atoms with E-state index >= 15 is 0 Å². The number of nitrogens with zero attached hydrogens (tertiary/aromatic N) is 7. The molecule has 12 heteroatoms. The van der Waals surface area contributed by atoms with Crippen molar-refractivity contribution in [1.29, 1.82) is 5.26 Å². The van der Waals surface area contributed by atoms with Gasteiger partial charge in [-0.25, -0.2) is 18.9 Å². The molecule has 4 aromatic rings. The molecule has 1 saturated carbocycles. The van der Waals surface area contributed by atoms with Crippen LogP contribution in [0, 0.1) is 17.2 Å². The Labute approximate surface area is 212 Å². The van der Waals surface area contributed by atoms with Crippen molar-refractivity contribution in [2.45, 2.75) is 45.0 Å². The highest BCUT2D eigenvalue weighted by Crippen LogP contribution is 2.31. The molecule has 5 rings (SSSR count). The Morgan fingerprint density at radius 1 is 1.27 bits per heavy atom. The van der Waals surface area contributed by atoms with E-state index in [4.69, 9.17) is 5.26 Å². The number of carbonyl (C=O) groups excluding carboxylic acids is 1. The summed E-state index contributed by atoms with van der Waals surface area (Å²) in [6.07, 6.45) is 8.85. The maximum Gasteiger partial charge on any atom is 0.255 e. The van der Waals surface area contributed by atoms with Crippen LogP contribution < -0.4 is 10.6 Å². The Kier molecular flexibility index (Phi) is 6.31. The number of carbonyl (C=O) groups is 1. The maximum atomic E-state index is 14.3. The van der Waals surface area contributed by atoms with Gasteiger partial charge in [-0.1, -0.05) is 0 Å². The monoisotopic (exact) mass is 503 g/mol. The molecule has 0 radical (unpaired) electrons. The van der Waals surface area contributed by atoms with E-state index in [-0.39, 0.29) is 17.9 Å². The van der Waals surface area contributed by atoms with Gasteiger partial charge in [0.15, 0.2) is 5.65 Å². The molecule has 0 aromatic carbocycles. The van der Waals surface area contributed by atoms with Gasteiger partial charge in [0.05, 0.1) is 58.8 Å². The van der Waals surface area contributed by atoms with Crippen molar-refractivity contribution in [3.63, 3.8) is 0 Å². The van der Waals surface area contributed by atoms with E-state index in [1.54, 1.807) is 30.7 Å². The van der Waals surface area contributed by atoms with Crippen molar-refractivity contribution in [1.82, 2.24) is 34.7 Å². The van der Waals surface area contributed by atoms with E-state index in [0.29, 0.717) is 34.1 Å². The first-order valence-electron chi connectivity index (χ1n) is 11.9. The predicted molar refractivity (Wildman–Crippen MR) is 133 cm³/mol. The molecule has 1 amide bonds. The molecule has 3 N–H and O–H groups in total. The minimum atomic E-state index is -1.65. The van der Waals surface area contributed by atoms with Gasteiger partial charge in [0.1, 0.15) is 18.1 Å². The highest BCUT2D eigenvalue weighted by molar-refractivity contribution is 6.00. The normalized spacial score (nSPS) is 14.4. The minimum Gasteiger partial charge on any atom is -0.387 e. The summed E-state index contributed by atoms with van der Waals surface area (Å²) in [6.45, 7) is 3.16. The number of rotatable bonds is 9. The molecule has 37 heavy (non-hydrogen) atoms. The van der Waals surface area contributed by atoms with Crippen molar-refractivity contribution in [2.24, 2.45) is 5.92 Å². The quantitative estimate of drug-likeness (QED) is 0.316. The molecule has 4 aromatic heterocycles. The van der Waals surface area contributed by atoms with Crippen LogP contribution in [0.4, 0.5) is 15.9 Å². The Balaban J connectivity index is 1.47. The molecule has 4 heterocycles. The number of aliphatic hydroxyl groups is 1. The predicted octanol–water partition coefficient (Wildman–Crippen LogP) is 2.85. The lowest BCUT2D eigenvalue weighted by Crippen LogP contribution is -2.42. The maximum absolute atomic E-state index is 14.3. The van der Waals surface area contributed by atoms with E-state index < -0.39 is 17.7 Å². The first kappa shape index (κ1) is 24.3. The van der Waals surface area contributed by atoms with Gasteiger partial charge in [-0.3, -0.25) is 9.48 Å². The molecule has 0 bridgehead atoms. The lowest BCUT2D eigenvalue weighted by atomic mass is 10.0. The summed E-state index contributed by atoms with van der Waals surface area (Å²) in [4.78, 5) is 22.0. The highest BCUT2D eigenvalue weighted by Gasteiger charge is 2.27. The fraction of sp³-hybridized carbons (Fsp3) is 0.360. The van der Waals surface area contributed by atoms with Crippen LogP contribution in [0.5, 0.6) is 0 Å². The Morgan fingerprint density at radius 3 is 2.81 bits per heavy atom. The molecule has 1 fully saturated rings. The second-order valence-electron chi connectivity index (χ2n) is 9.72. The van der Waals surface area contributed by atoms with Crippen molar-refractivity contribution in [3.8, 4) is 17.3 Å². The van der Waals surface area contributed by atoms with E-state index in [1.807, 2.05) is 16.9 Å². The number of pyridine rings is 1. The molecule has 1 atom stereocenters. The van der Waals surface area contributed by atoms with Crippen molar-refractivity contribution >= 4 is 23.1 Å². The number of alkyl halides is 1. The van der Waals surface area contributed by atoms with Gasteiger partial charge in [-0.15, -0.1) is 0 Å². The molecule has 190 valence electrons. The molecule has 0 saturated heterocycles. The topological polar surface area (TPSA) is 146 Å². The summed E-state index contributed by atoms with van der Waals surface area (Å²) < 4.78 is 17.6. The number of hydrogen-bond acceptors (Lipinski definition) is 8. The van der Waals surface area contributed by atoms with Crippen LogP contribution in [-0.4, -0.2) is 58.7 Å². The summed E-state index contributed by atoms with van der Waals surface area (Å²) in [5.41, 5.74) is 1.22. The van der Waals surface area contributed by atoms with E-state index in [0.717, 1.165) is 6.54 Å². The summed E-state index contributed by atoms with van der Waals surface area (Å²) in [5, 5.41) is 33.3. The van der Waals surface area contributed by atoms with Crippen LogP contribution in [0.2, 0.25) is 0 Å². The number of aromatic nitrogens is 6. The SMILES string of the molecule is CC(C)(O)C(F)CNC(=O)c1ccc(-c2cnn3cc(C#N)cnc23)nc1Nc1cnn(CC2CC2)c1. The van der Waals surface area contributed by atoms with Crippen molar-refractivity contribution < 1.29 is 14.3 Å². The van der Waals surface area contributed by atoms with E-state index in [1.165, 1.54) is 37.4 Å². The summed E-state index contributed by atoms with van der Waals surface area (Å²) in [7, 11) is 0. The lowest BCUT2D eigenvalue weighted by Gasteiger charge is -2.22. The zero-order chi connectivity index (χ0) is 26.2. The number of nitriles is 1. The number of hydrogen-bond donors (Lipinski definition) is 3. The van der Waals surface area contributed by atoms with E-state index in [9.17, 15) is 14.3 Å². The third kappa shape index (κ3) is 5.41. The van der Waals surface area contributed by atoms with Crippen LogP contribution in [0.1, 0.15) is 42.6 Å². The number of halogens is 1. The summed E-state index contributed by atoms with van der Waals surface area (Å²) in [5.74, 6) is 0.341. The second-order valence-corrected chi connectivity index (χ2v) is 9.72. The molecular weight excluding hydrogens is 477 g/mol. The highest BCUT2D eigenvalue weighted by atomic mass is 19.1. The molecule has 11 nitrogen and oxygen atoms in total. The fourth-order valence-electron chi connectivity index (χ4n) is 3.76. The largest absolute Gasteiger partial charge is 0.387 e. The summed E-state index contributed by atoms with van der Waals surface area (Å²) >= 11 is 0. The van der Waals surface area contributed by atoms with Gasteiger partial charge in [-0.05, 0) is 44.7 Å². The molecular formula is C25H26FN9O2. The molecule has 1 aliphatic carbocycles. The first-order chi connectivity index (χ1) is 17.7. The Morgan fingerprint density at radius 2 is 2.08 bits per heavy atom. The number of nitrogens with one attached hydrogen (secondary N) is 2. The zero-order valence-electron chi connectivity index (χ0n) is 20.4. The first-order valence-corrected chi connectivity index (χ1v) is 11.9. The smallest absolute Gasteiger partial charge is 0.255 e. The van der Waals surface area contributed by atoms with Gasteiger partial charge in [-0.2, -0.15) is 15.5 Å². The van der Waals surface area contributed by atoms with Gasteiger partial charge in [0.2, 0.25) is 0 Å². The van der Waals surface area contributed by atoms with Crippen LogP contribution in [0.25, 0.3) is 16.9 Å².